The molecule has 0 fully saturated rings. The van der Waals surface area contributed by atoms with Crippen molar-refractivity contribution in [1.29, 1.82) is 0 Å². The van der Waals surface area contributed by atoms with E-state index in [4.69, 9.17) is 0 Å². The molecule has 0 bridgehead atoms. The van der Waals surface area contributed by atoms with Gasteiger partial charge in [-0.25, -0.2) is 0 Å². The van der Waals surface area contributed by atoms with Gasteiger partial charge in [-0.3, -0.25) is 4.79 Å². The van der Waals surface area contributed by atoms with E-state index in [0.29, 0.717) is 13.1 Å². The van der Waals surface area contributed by atoms with Gasteiger partial charge in [-0.2, -0.15) is 10.2 Å². The zero-order chi connectivity index (χ0) is 9.61. The van der Waals surface area contributed by atoms with E-state index in [2.05, 4.69) is 15.5 Å². The van der Waals surface area contributed by atoms with Gasteiger partial charge in [0.25, 0.3) is 0 Å². The Bertz CT molecular complexity index is 175. The molecule has 0 aromatic carbocycles. The Morgan fingerprint density at radius 1 is 1.42 bits per heavy atom. The minimum absolute atomic E-state index is 0.0813. The lowest BCUT2D eigenvalue weighted by atomic mass is 10.1. The second kappa shape index (κ2) is 4.85. The standard InChI is InChI=1S/C8H17N3O/c1-5-9-7(12)8(3,4)11-10-6-2/h5-6H2,1-4H3,(H,9,12). The van der Waals surface area contributed by atoms with Crippen molar-refractivity contribution in [1.82, 2.24) is 5.32 Å². The van der Waals surface area contributed by atoms with E-state index < -0.39 is 5.54 Å². The molecule has 0 spiro atoms. The molecular weight excluding hydrogens is 154 g/mol. The van der Waals surface area contributed by atoms with E-state index in [1.807, 2.05) is 13.8 Å². The zero-order valence-electron chi connectivity index (χ0n) is 8.22. The van der Waals surface area contributed by atoms with Gasteiger partial charge in [-0.15, -0.1) is 0 Å². The summed E-state index contributed by atoms with van der Waals surface area (Å²) in [6.45, 7) is 8.50. The monoisotopic (exact) mass is 171 g/mol. The van der Waals surface area contributed by atoms with Crippen LogP contribution in [0.15, 0.2) is 10.2 Å². The molecule has 0 saturated carbocycles. The lowest BCUT2D eigenvalue weighted by molar-refractivity contribution is -0.125. The highest BCUT2D eigenvalue weighted by Gasteiger charge is 2.26. The molecule has 0 atom stereocenters. The van der Waals surface area contributed by atoms with Crippen LogP contribution in [0.4, 0.5) is 0 Å². The Morgan fingerprint density at radius 2 is 2.00 bits per heavy atom. The van der Waals surface area contributed by atoms with Crippen LogP contribution in [0.1, 0.15) is 27.7 Å². The first kappa shape index (κ1) is 11.1. The number of carbonyl (C=O) groups is 1. The first-order valence-electron chi connectivity index (χ1n) is 4.21. The van der Waals surface area contributed by atoms with E-state index in [0.717, 1.165) is 0 Å². The molecule has 4 nitrogen and oxygen atoms in total. The molecule has 0 aliphatic rings. The summed E-state index contributed by atoms with van der Waals surface area (Å²) in [5, 5.41) is 10.4. The number of likely N-dealkylation sites (N-methyl/N-ethyl adjacent to an activating group) is 1. The maximum absolute atomic E-state index is 11.3. The molecule has 0 aromatic rings. The highest BCUT2D eigenvalue weighted by atomic mass is 16.2. The number of nitrogens with zero attached hydrogens (tertiary/aromatic N) is 2. The Hall–Kier alpha value is -0.930. The third-order valence-corrected chi connectivity index (χ3v) is 1.36. The van der Waals surface area contributed by atoms with Crippen LogP contribution in [0.5, 0.6) is 0 Å². The third-order valence-electron chi connectivity index (χ3n) is 1.36. The molecule has 1 N–H and O–H groups in total. The van der Waals surface area contributed by atoms with Gasteiger partial charge in [0.1, 0.15) is 0 Å². The van der Waals surface area contributed by atoms with Crippen LogP contribution in [0, 0.1) is 0 Å². The molecule has 0 heterocycles. The van der Waals surface area contributed by atoms with Crippen LogP contribution >= 0.6 is 0 Å². The van der Waals surface area contributed by atoms with Crippen molar-refractivity contribution in [2.24, 2.45) is 10.2 Å². The van der Waals surface area contributed by atoms with Crippen molar-refractivity contribution in [3.8, 4) is 0 Å². The fraction of sp³-hybridized carbons (Fsp3) is 0.875. The maximum atomic E-state index is 11.3. The van der Waals surface area contributed by atoms with Crippen LogP contribution in [0.2, 0.25) is 0 Å². The molecule has 1 amide bonds. The molecule has 0 aliphatic heterocycles. The normalized spacial score (nSPS) is 12.0. The molecule has 0 radical (unpaired) electrons. The van der Waals surface area contributed by atoms with Crippen molar-refractivity contribution in [2.75, 3.05) is 13.1 Å². The molecular formula is C8H17N3O. The summed E-state index contributed by atoms with van der Waals surface area (Å²) in [5.74, 6) is -0.0813. The molecule has 0 saturated heterocycles. The smallest absolute Gasteiger partial charge is 0.249 e. The van der Waals surface area contributed by atoms with Crippen molar-refractivity contribution >= 4 is 5.91 Å². The van der Waals surface area contributed by atoms with Gasteiger partial charge in [-0.05, 0) is 27.7 Å². The predicted octanol–water partition coefficient (Wildman–Crippen LogP) is 1.37. The van der Waals surface area contributed by atoms with Crippen LogP contribution < -0.4 is 5.32 Å². The van der Waals surface area contributed by atoms with Gasteiger partial charge in [0.2, 0.25) is 5.91 Å². The lowest BCUT2D eigenvalue weighted by Gasteiger charge is -2.16. The number of rotatable bonds is 4. The Balaban J connectivity index is 4.18. The van der Waals surface area contributed by atoms with Gasteiger partial charge in [0.05, 0.1) is 6.54 Å². The highest BCUT2D eigenvalue weighted by Crippen LogP contribution is 2.08. The van der Waals surface area contributed by atoms with Crippen molar-refractivity contribution in [2.45, 2.75) is 33.2 Å². The Kier molecular flexibility index (Phi) is 4.47. The topological polar surface area (TPSA) is 53.8 Å². The lowest BCUT2D eigenvalue weighted by Crippen LogP contribution is -2.40. The van der Waals surface area contributed by atoms with Crippen LogP contribution in [0.3, 0.4) is 0 Å². The maximum Gasteiger partial charge on any atom is 0.249 e. The van der Waals surface area contributed by atoms with Gasteiger partial charge in [0, 0.05) is 6.54 Å². The quantitative estimate of drug-likeness (QED) is 0.638. The van der Waals surface area contributed by atoms with E-state index >= 15 is 0 Å². The number of hydrogen-bond donors (Lipinski definition) is 1. The van der Waals surface area contributed by atoms with Crippen LogP contribution in [-0.2, 0) is 4.79 Å². The first-order valence-corrected chi connectivity index (χ1v) is 4.21. The Morgan fingerprint density at radius 3 is 2.42 bits per heavy atom. The predicted molar refractivity (Wildman–Crippen MR) is 48.2 cm³/mol. The summed E-state index contributed by atoms with van der Waals surface area (Å²) in [5.41, 5.74) is -0.730. The largest absolute Gasteiger partial charge is 0.354 e. The summed E-state index contributed by atoms with van der Waals surface area (Å²) in [7, 11) is 0. The number of nitrogens with one attached hydrogen (secondary N) is 1. The van der Waals surface area contributed by atoms with Crippen LogP contribution in [-0.4, -0.2) is 24.5 Å². The number of amides is 1. The fourth-order valence-corrected chi connectivity index (χ4v) is 0.670. The molecule has 70 valence electrons. The average molecular weight is 171 g/mol. The van der Waals surface area contributed by atoms with Gasteiger partial charge >= 0.3 is 0 Å². The number of carbonyl (C=O) groups excluding carboxylic acids is 1. The van der Waals surface area contributed by atoms with Gasteiger partial charge < -0.3 is 5.32 Å². The van der Waals surface area contributed by atoms with E-state index in [9.17, 15) is 4.79 Å². The zero-order valence-corrected chi connectivity index (χ0v) is 8.22. The summed E-state index contributed by atoms with van der Waals surface area (Å²) >= 11 is 0. The number of hydrogen-bond acceptors (Lipinski definition) is 3. The molecule has 0 rings (SSSR count). The molecule has 0 unspecified atom stereocenters. The molecule has 4 heteroatoms. The summed E-state index contributed by atoms with van der Waals surface area (Å²) in [6.07, 6.45) is 0. The van der Waals surface area contributed by atoms with Gasteiger partial charge in [-0.1, -0.05) is 0 Å². The molecule has 12 heavy (non-hydrogen) atoms. The molecule has 0 aromatic heterocycles. The second-order valence-corrected chi connectivity index (χ2v) is 2.98. The highest BCUT2D eigenvalue weighted by molar-refractivity contribution is 5.85. The third kappa shape index (κ3) is 3.46. The van der Waals surface area contributed by atoms with E-state index in [-0.39, 0.29) is 5.91 Å². The van der Waals surface area contributed by atoms with Gasteiger partial charge in [0.15, 0.2) is 5.54 Å². The number of azo groups is 1. The summed E-state index contributed by atoms with van der Waals surface area (Å²) in [4.78, 5) is 11.3. The van der Waals surface area contributed by atoms with Crippen molar-refractivity contribution in [3.05, 3.63) is 0 Å². The van der Waals surface area contributed by atoms with Crippen molar-refractivity contribution < 1.29 is 4.79 Å². The second-order valence-electron chi connectivity index (χ2n) is 2.98. The Labute approximate surface area is 73.5 Å². The van der Waals surface area contributed by atoms with E-state index in [1.165, 1.54) is 0 Å². The summed E-state index contributed by atoms with van der Waals surface area (Å²) < 4.78 is 0. The summed E-state index contributed by atoms with van der Waals surface area (Å²) in [6, 6.07) is 0. The van der Waals surface area contributed by atoms with Crippen LogP contribution in [0.25, 0.3) is 0 Å². The van der Waals surface area contributed by atoms with E-state index in [1.54, 1.807) is 13.8 Å². The minimum atomic E-state index is -0.730. The fourth-order valence-electron chi connectivity index (χ4n) is 0.670. The minimum Gasteiger partial charge on any atom is -0.354 e. The molecule has 0 aliphatic carbocycles. The average Bonchev–Trinajstić information content (AvgIpc) is 2.01. The van der Waals surface area contributed by atoms with Crippen molar-refractivity contribution in [3.63, 3.8) is 0 Å². The first-order chi connectivity index (χ1) is 5.54. The SMILES string of the molecule is CCN=NC(C)(C)C(=O)NCC.